The summed E-state index contributed by atoms with van der Waals surface area (Å²) in [5.41, 5.74) is 0.366. The predicted octanol–water partition coefficient (Wildman–Crippen LogP) is 3.53. The number of nitrogens with one attached hydrogen (secondary N) is 1. The number of hydrogen-bond donors (Lipinski definition) is 2. The van der Waals surface area contributed by atoms with E-state index in [1.165, 1.54) is 13.0 Å². The number of rotatable bonds is 5. The van der Waals surface area contributed by atoms with Gasteiger partial charge in [-0.2, -0.15) is 5.10 Å². The van der Waals surface area contributed by atoms with Gasteiger partial charge in [0.1, 0.15) is 5.75 Å². The number of aromatic nitrogens is 2. The van der Waals surface area contributed by atoms with Crippen molar-refractivity contribution < 1.29 is 27.8 Å². The van der Waals surface area contributed by atoms with Gasteiger partial charge in [-0.05, 0) is 13.0 Å². The molecule has 0 unspecified atom stereocenters. The Morgan fingerprint density at radius 3 is 2.75 bits per heavy atom. The van der Waals surface area contributed by atoms with Crippen molar-refractivity contribution in [1.82, 2.24) is 9.97 Å². The van der Waals surface area contributed by atoms with Gasteiger partial charge in [-0.3, -0.25) is 0 Å². The van der Waals surface area contributed by atoms with Crippen LogP contribution in [0.3, 0.4) is 0 Å². The topological polar surface area (TPSA) is 90.8 Å². The molecule has 0 atom stereocenters. The van der Waals surface area contributed by atoms with Gasteiger partial charge in [-0.15, -0.1) is 13.2 Å². The molecule has 128 valence electrons. The Morgan fingerprint density at radius 1 is 1.54 bits per heavy atom. The smallest absolute Gasteiger partial charge is 0.478 e. The minimum atomic E-state index is -4.90. The van der Waals surface area contributed by atoms with Crippen LogP contribution in [-0.2, 0) is 4.79 Å². The lowest BCUT2D eigenvalue weighted by Crippen LogP contribution is -2.17. The van der Waals surface area contributed by atoms with Crippen molar-refractivity contribution in [2.24, 2.45) is 5.10 Å². The van der Waals surface area contributed by atoms with Crippen molar-refractivity contribution in [1.29, 1.82) is 0 Å². The zero-order valence-corrected chi connectivity index (χ0v) is 12.8. The molecule has 0 bridgehead atoms. The molecular formula is C13H10ClF3N4O3. The lowest BCUT2D eigenvalue weighted by molar-refractivity contribution is -0.274. The fourth-order valence-electron chi connectivity index (χ4n) is 1.72. The maximum absolute atomic E-state index is 12.3. The first-order valence-electron chi connectivity index (χ1n) is 6.23. The molecule has 0 aliphatic heterocycles. The highest BCUT2D eigenvalue weighted by Gasteiger charge is 2.32. The number of benzene rings is 1. The number of anilines is 1. The van der Waals surface area contributed by atoms with Gasteiger partial charge in [-0.1, -0.05) is 11.6 Å². The molecule has 0 amide bonds. The number of aromatic amines is 1. The molecule has 0 aliphatic rings. The maximum Gasteiger partial charge on any atom is 0.573 e. The zero-order chi connectivity index (χ0) is 18.1. The summed E-state index contributed by atoms with van der Waals surface area (Å²) in [6.45, 7) is 4.61. The van der Waals surface area contributed by atoms with Gasteiger partial charge < -0.3 is 14.8 Å². The minimum absolute atomic E-state index is 0.0424. The van der Waals surface area contributed by atoms with Crippen LogP contribution in [0.1, 0.15) is 6.92 Å². The summed E-state index contributed by atoms with van der Waals surface area (Å²) < 4.78 is 40.8. The van der Waals surface area contributed by atoms with Gasteiger partial charge in [0.25, 0.3) is 0 Å². The predicted molar refractivity (Wildman–Crippen MR) is 81.2 cm³/mol. The van der Waals surface area contributed by atoms with Gasteiger partial charge in [0.15, 0.2) is 0 Å². The molecule has 7 nitrogen and oxygen atoms in total. The van der Waals surface area contributed by atoms with Gasteiger partial charge in [-0.25, -0.2) is 14.8 Å². The molecule has 1 aromatic carbocycles. The van der Waals surface area contributed by atoms with E-state index in [0.717, 1.165) is 17.3 Å². The minimum Gasteiger partial charge on any atom is -0.478 e. The van der Waals surface area contributed by atoms with Crippen LogP contribution in [0.5, 0.6) is 5.75 Å². The van der Waals surface area contributed by atoms with E-state index in [2.05, 4.69) is 26.5 Å². The highest BCUT2D eigenvalue weighted by atomic mass is 35.5. The summed E-state index contributed by atoms with van der Waals surface area (Å²) in [6.07, 6.45) is -3.76. The van der Waals surface area contributed by atoms with Gasteiger partial charge >= 0.3 is 12.3 Å². The molecule has 2 N–H and O–H groups in total. The number of hydrogen-bond acceptors (Lipinski definition) is 5. The third-order valence-electron chi connectivity index (χ3n) is 2.77. The number of aliphatic carboxylic acids is 1. The molecule has 0 radical (unpaired) electrons. The average Bonchev–Trinajstić information content (AvgIpc) is 2.85. The number of carboxylic acid groups (broad SMARTS) is 1. The first kappa shape index (κ1) is 17.6. The van der Waals surface area contributed by atoms with Crippen molar-refractivity contribution in [2.75, 3.05) is 5.01 Å². The number of nitrogens with zero attached hydrogens (tertiary/aromatic N) is 3. The molecular weight excluding hydrogens is 353 g/mol. The fraction of sp³-hybridized carbons (Fsp3) is 0.154. The van der Waals surface area contributed by atoms with Crippen LogP contribution in [-0.4, -0.2) is 34.1 Å². The molecule has 24 heavy (non-hydrogen) atoms. The maximum atomic E-state index is 12.3. The zero-order valence-electron chi connectivity index (χ0n) is 12.1. The first-order valence-corrected chi connectivity index (χ1v) is 6.61. The summed E-state index contributed by atoms with van der Waals surface area (Å²) >= 11 is 5.75. The Hall–Kier alpha value is -2.75. The summed E-state index contributed by atoms with van der Waals surface area (Å²) in [6, 6.07) is 2.20. The van der Waals surface area contributed by atoms with Crippen LogP contribution in [0.2, 0.25) is 5.02 Å². The third kappa shape index (κ3) is 3.96. The molecule has 1 heterocycles. The van der Waals surface area contributed by atoms with E-state index in [4.69, 9.17) is 16.7 Å². The van der Waals surface area contributed by atoms with Crippen molar-refractivity contribution in [2.45, 2.75) is 13.3 Å². The van der Waals surface area contributed by atoms with E-state index < -0.39 is 18.1 Å². The molecule has 0 saturated heterocycles. The number of carboxylic acids is 1. The number of halogens is 4. The monoisotopic (exact) mass is 362 g/mol. The lowest BCUT2D eigenvalue weighted by Gasteiger charge is -2.09. The number of fused-ring (bicyclic) bond motifs is 1. The van der Waals surface area contributed by atoms with Crippen LogP contribution in [0.4, 0.5) is 19.1 Å². The molecule has 0 aliphatic carbocycles. The summed E-state index contributed by atoms with van der Waals surface area (Å²) in [7, 11) is 0. The van der Waals surface area contributed by atoms with E-state index in [0.29, 0.717) is 5.52 Å². The van der Waals surface area contributed by atoms with E-state index in [1.54, 1.807) is 0 Å². The quantitative estimate of drug-likeness (QED) is 0.482. The molecule has 11 heteroatoms. The second kappa shape index (κ2) is 6.40. The van der Waals surface area contributed by atoms with Crippen molar-refractivity contribution in [3.05, 3.63) is 28.9 Å². The van der Waals surface area contributed by atoms with Crippen molar-refractivity contribution in [3.63, 3.8) is 0 Å². The normalized spacial score (nSPS) is 12.3. The Bertz CT molecular complexity index is 832. The van der Waals surface area contributed by atoms with E-state index in [1.807, 2.05) is 0 Å². The molecule has 1 aromatic heterocycles. The largest absolute Gasteiger partial charge is 0.573 e. The van der Waals surface area contributed by atoms with E-state index in [9.17, 15) is 18.0 Å². The summed E-state index contributed by atoms with van der Waals surface area (Å²) in [5, 5.41) is 13.2. The molecule has 2 rings (SSSR count). The fourth-order valence-corrected chi connectivity index (χ4v) is 1.92. The summed E-state index contributed by atoms with van der Waals surface area (Å²) in [4.78, 5) is 17.6. The van der Waals surface area contributed by atoms with Crippen LogP contribution in [0, 0.1) is 0 Å². The lowest BCUT2D eigenvalue weighted by atomic mass is 10.3. The van der Waals surface area contributed by atoms with Crippen LogP contribution < -0.4 is 9.75 Å². The molecule has 0 saturated carbocycles. The SMILES string of the molecule is C=NN(/C=C(\C)C(=O)O)c1nc2cc(OC(F)(F)F)c(Cl)cc2[nH]1. The number of carbonyl (C=O) groups is 1. The van der Waals surface area contributed by atoms with Crippen molar-refractivity contribution >= 4 is 41.3 Å². The van der Waals surface area contributed by atoms with Crippen LogP contribution >= 0.6 is 11.6 Å². The number of H-pyrrole nitrogens is 1. The van der Waals surface area contributed by atoms with Crippen LogP contribution in [0.25, 0.3) is 11.0 Å². The molecule has 0 spiro atoms. The second-order valence-corrected chi connectivity index (χ2v) is 4.92. The Labute approximate surface area is 138 Å². The van der Waals surface area contributed by atoms with Gasteiger partial charge in [0.2, 0.25) is 5.95 Å². The van der Waals surface area contributed by atoms with E-state index >= 15 is 0 Å². The number of imidazole rings is 1. The van der Waals surface area contributed by atoms with Crippen LogP contribution in [0.15, 0.2) is 29.0 Å². The third-order valence-corrected chi connectivity index (χ3v) is 3.07. The highest BCUT2D eigenvalue weighted by Crippen LogP contribution is 2.34. The van der Waals surface area contributed by atoms with Gasteiger partial charge in [0, 0.05) is 19.0 Å². The second-order valence-electron chi connectivity index (χ2n) is 4.51. The Balaban J connectivity index is 2.45. The molecule has 0 fully saturated rings. The standard InChI is InChI=1S/C13H10ClF3N4O3/c1-6(11(22)23)5-21(18-2)12-19-8-3-7(14)10(4-9(8)20-12)24-13(15,16)17/h3-5H,2H2,1H3,(H,19,20)(H,22,23)/b6-5+. The first-order chi connectivity index (χ1) is 11.1. The number of hydrazone groups is 1. The highest BCUT2D eigenvalue weighted by molar-refractivity contribution is 6.32. The van der Waals surface area contributed by atoms with Gasteiger partial charge in [0.05, 0.1) is 21.6 Å². The average molecular weight is 363 g/mol. The van der Waals surface area contributed by atoms with E-state index in [-0.39, 0.29) is 22.1 Å². The summed E-state index contributed by atoms with van der Waals surface area (Å²) in [5.74, 6) is -1.74. The van der Waals surface area contributed by atoms with Crippen molar-refractivity contribution in [3.8, 4) is 5.75 Å². The Morgan fingerprint density at radius 2 is 2.21 bits per heavy atom. The molecule has 2 aromatic rings. The Kier molecular flexibility index (Phi) is 4.69. The number of alkyl halides is 3. The number of ether oxygens (including phenoxy) is 1.